The Morgan fingerprint density at radius 1 is 1.33 bits per heavy atom. The first-order chi connectivity index (χ1) is 7.34. The first-order valence-corrected chi connectivity index (χ1v) is 5.81. The summed E-state index contributed by atoms with van der Waals surface area (Å²) in [6, 6.07) is 2.90. The zero-order valence-corrected chi connectivity index (χ0v) is 9.26. The van der Waals surface area contributed by atoms with E-state index in [1.807, 2.05) is 17.9 Å². The highest BCUT2D eigenvalue weighted by molar-refractivity contribution is 5.39. The van der Waals surface area contributed by atoms with Gasteiger partial charge in [-0.2, -0.15) is 5.10 Å². The molecule has 2 aliphatic heterocycles. The van der Waals surface area contributed by atoms with Crippen molar-refractivity contribution < 1.29 is 0 Å². The average molecular weight is 206 g/mol. The Hall–Kier alpha value is -1.03. The van der Waals surface area contributed by atoms with Gasteiger partial charge in [-0.25, -0.2) is 0 Å². The molecule has 0 bridgehead atoms. The maximum atomic E-state index is 4.24. The zero-order valence-electron chi connectivity index (χ0n) is 9.26. The summed E-state index contributed by atoms with van der Waals surface area (Å²) in [5.74, 6) is 1.27. The van der Waals surface area contributed by atoms with Crippen LogP contribution in [0.4, 0.5) is 5.82 Å². The molecule has 4 heteroatoms. The average Bonchev–Trinajstić information content (AvgIpc) is 2.84. The molecule has 2 aliphatic rings. The third-order valence-corrected chi connectivity index (χ3v) is 3.71. The highest BCUT2D eigenvalue weighted by atomic mass is 15.4. The molecule has 0 saturated carbocycles. The van der Waals surface area contributed by atoms with Crippen molar-refractivity contribution in [3.8, 4) is 0 Å². The van der Waals surface area contributed by atoms with Crippen molar-refractivity contribution in [3.05, 3.63) is 12.3 Å². The fourth-order valence-corrected chi connectivity index (χ4v) is 2.88. The van der Waals surface area contributed by atoms with E-state index in [0.29, 0.717) is 0 Å². The Balaban J connectivity index is 1.76. The van der Waals surface area contributed by atoms with E-state index in [-0.39, 0.29) is 0 Å². The largest absolute Gasteiger partial charge is 0.354 e. The van der Waals surface area contributed by atoms with Crippen LogP contribution in [0.3, 0.4) is 0 Å². The van der Waals surface area contributed by atoms with E-state index in [1.165, 1.54) is 38.3 Å². The van der Waals surface area contributed by atoms with Crippen LogP contribution in [-0.2, 0) is 7.05 Å². The number of rotatable bonds is 1. The number of aromatic nitrogens is 2. The smallest absolute Gasteiger partial charge is 0.126 e. The van der Waals surface area contributed by atoms with Crippen LogP contribution in [0.5, 0.6) is 0 Å². The Morgan fingerprint density at radius 3 is 3.07 bits per heavy atom. The van der Waals surface area contributed by atoms with Crippen LogP contribution in [0.2, 0.25) is 0 Å². The lowest BCUT2D eigenvalue weighted by Crippen LogP contribution is -2.50. The molecule has 1 atom stereocenters. The molecule has 1 aromatic heterocycles. The van der Waals surface area contributed by atoms with E-state index in [2.05, 4.69) is 21.0 Å². The quantitative estimate of drug-likeness (QED) is 0.676. The van der Waals surface area contributed by atoms with Crippen molar-refractivity contribution in [2.75, 3.05) is 31.1 Å². The van der Waals surface area contributed by atoms with Gasteiger partial charge in [-0.3, -0.25) is 9.58 Å². The zero-order chi connectivity index (χ0) is 10.3. The molecule has 2 saturated heterocycles. The van der Waals surface area contributed by atoms with Gasteiger partial charge in [-0.15, -0.1) is 0 Å². The van der Waals surface area contributed by atoms with Gasteiger partial charge in [0.15, 0.2) is 0 Å². The van der Waals surface area contributed by atoms with Crippen LogP contribution in [0.1, 0.15) is 12.8 Å². The van der Waals surface area contributed by atoms with Gasteiger partial charge >= 0.3 is 0 Å². The van der Waals surface area contributed by atoms with Crippen LogP contribution in [0, 0.1) is 0 Å². The Morgan fingerprint density at radius 2 is 2.27 bits per heavy atom. The van der Waals surface area contributed by atoms with Gasteiger partial charge in [0.25, 0.3) is 0 Å². The number of aryl methyl sites for hydroxylation is 1. The summed E-state index contributed by atoms with van der Waals surface area (Å²) in [5, 5.41) is 4.24. The number of piperazine rings is 1. The highest BCUT2D eigenvalue weighted by Crippen LogP contribution is 2.24. The van der Waals surface area contributed by atoms with E-state index < -0.39 is 0 Å². The molecule has 82 valence electrons. The predicted octanol–water partition coefficient (Wildman–Crippen LogP) is 0.704. The first-order valence-electron chi connectivity index (χ1n) is 5.81. The maximum absolute atomic E-state index is 4.24. The molecule has 0 aromatic carbocycles. The SMILES string of the molecule is Cn1nccc1N1CCN2CCCC2C1. The van der Waals surface area contributed by atoms with Crippen molar-refractivity contribution in [3.63, 3.8) is 0 Å². The second kappa shape index (κ2) is 3.52. The third kappa shape index (κ3) is 1.53. The molecule has 3 rings (SSSR count). The Labute approximate surface area is 90.5 Å². The van der Waals surface area contributed by atoms with Gasteiger partial charge in [0.05, 0.1) is 6.20 Å². The number of fused-ring (bicyclic) bond motifs is 1. The minimum atomic E-state index is 0.786. The number of hydrogen-bond acceptors (Lipinski definition) is 3. The summed E-state index contributed by atoms with van der Waals surface area (Å²) in [4.78, 5) is 5.10. The molecule has 2 fully saturated rings. The molecule has 4 nitrogen and oxygen atoms in total. The van der Waals surface area contributed by atoms with Gasteiger partial charge in [0.1, 0.15) is 5.82 Å². The fourth-order valence-electron chi connectivity index (χ4n) is 2.88. The van der Waals surface area contributed by atoms with Crippen LogP contribution in [0.15, 0.2) is 12.3 Å². The van der Waals surface area contributed by atoms with E-state index in [9.17, 15) is 0 Å². The van der Waals surface area contributed by atoms with Crippen LogP contribution in [-0.4, -0.2) is 46.9 Å². The van der Waals surface area contributed by atoms with Crippen LogP contribution in [0.25, 0.3) is 0 Å². The molecule has 1 unspecified atom stereocenters. The standard InChI is InChI=1S/C11H18N4/c1-13-11(4-5-12-13)15-8-7-14-6-2-3-10(14)9-15/h4-5,10H,2-3,6-9H2,1H3. The first kappa shape index (κ1) is 9.21. The van der Waals surface area contributed by atoms with Gasteiger partial charge in [-0.05, 0) is 19.4 Å². The molecule has 3 heterocycles. The molecule has 0 radical (unpaired) electrons. The summed E-state index contributed by atoms with van der Waals surface area (Å²) >= 11 is 0. The maximum Gasteiger partial charge on any atom is 0.126 e. The van der Waals surface area contributed by atoms with Crippen LogP contribution >= 0.6 is 0 Å². The fraction of sp³-hybridized carbons (Fsp3) is 0.727. The van der Waals surface area contributed by atoms with Crippen molar-refractivity contribution in [2.24, 2.45) is 7.05 Å². The Bertz CT molecular complexity index is 346. The second-order valence-electron chi connectivity index (χ2n) is 4.59. The lowest BCUT2D eigenvalue weighted by atomic mass is 10.1. The summed E-state index contributed by atoms with van der Waals surface area (Å²) in [6.07, 6.45) is 4.63. The molecule has 0 N–H and O–H groups in total. The van der Waals surface area contributed by atoms with Crippen molar-refractivity contribution >= 4 is 5.82 Å². The molecule has 0 amide bonds. The van der Waals surface area contributed by atoms with Crippen molar-refractivity contribution in [2.45, 2.75) is 18.9 Å². The highest BCUT2D eigenvalue weighted by Gasteiger charge is 2.31. The van der Waals surface area contributed by atoms with Gasteiger partial charge in [0.2, 0.25) is 0 Å². The van der Waals surface area contributed by atoms with Gasteiger partial charge in [0, 0.05) is 38.8 Å². The molecular formula is C11H18N4. The summed E-state index contributed by atoms with van der Waals surface area (Å²) < 4.78 is 1.98. The summed E-state index contributed by atoms with van der Waals surface area (Å²) in [5.41, 5.74) is 0. The second-order valence-corrected chi connectivity index (χ2v) is 4.59. The van der Waals surface area contributed by atoms with Crippen molar-refractivity contribution in [1.82, 2.24) is 14.7 Å². The lowest BCUT2D eigenvalue weighted by Gasteiger charge is -2.38. The van der Waals surface area contributed by atoms with Gasteiger partial charge in [-0.1, -0.05) is 0 Å². The Kier molecular flexibility index (Phi) is 2.16. The topological polar surface area (TPSA) is 24.3 Å². The minimum absolute atomic E-state index is 0.786. The van der Waals surface area contributed by atoms with E-state index in [1.54, 1.807) is 0 Å². The lowest BCUT2D eigenvalue weighted by molar-refractivity contribution is 0.229. The summed E-state index contributed by atoms with van der Waals surface area (Å²) in [7, 11) is 2.02. The summed E-state index contributed by atoms with van der Waals surface area (Å²) in [6.45, 7) is 4.86. The van der Waals surface area contributed by atoms with E-state index >= 15 is 0 Å². The number of hydrogen-bond donors (Lipinski definition) is 0. The monoisotopic (exact) mass is 206 g/mol. The number of anilines is 1. The predicted molar refractivity (Wildman–Crippen MR) is 60.0 cm³/mol. The molecule has 0 spiro atoms. The van der Waals surface area contributed by atoms with Gasteiger partial charge < -0.3 is 4.90 Å². The molecule has 1 aromatic rings. The number of nitrogens with zero attached hydrogens (tertiary/aromatic N) is 4. The van der Waals surface area contributed by atoms with Crippen LogP contribution < -0.4 is 4.90 Å². The van der Waals surface area contributed by atoms with E-state index in [0.717, 1.165) is 12.6 Å². The molecule has 15 heavy (non-hydrogen) atoms. The minimum Gasteiger partial charge on any atom is -0.354 e. The van der Waals surface area contributed by atoms with Crippen molar-refractivity contribution in [1.29, 1.82) is 0 Å². The normalized spacial score (nSPS) is 27.0. The molecular weight excluding hydrogens is 188 g/mol. The third-order valence-electron chi connectivity index (χ3n) is 3.71. The van der Waals surface area contributed by atoms with E-state index in [4.69, 9.17) is 0 Å². The molecule has 0 aliphatic carbocycles.